The van der Waals surface area contributed by atoms with Crippen LogP contribution in [0.4, 0.5) is 0 Å². The van der Waals surface area contributed by atoms with E-state index < -0.39 is 0 Å². The van der Waals surface area contributed by atoms with E-state index in [-0.39, 0.29) is 5.54 Å². The summed E-state index contributed by atoms with van der Waals surface area (Å²) in [6.45, 7) is 0. The van der Waals surface area contributed by atoms with Gasteiger partial charge in [0.25, 0.3) is 0 Å². The fourth-order valence-electron chi connectivity index (χ4n) is 2.73. The molecule has 0 aromatic heterocycles. The molecular weight excluding hydrogens is 230 g/mol. The first-order chi connectivity index (χ1) is 8.21. The lowest BCUT2D eigenvalue weighted by Gasteiger charge is -2.35. The van der Waals surface area contributed by atoms with E-state index in [1.807, 2.05) is 6.07 Å². The standard InChI is InChI=1S/C14H21NOS/c1-16-12-8-6-7-11(13(12)17-2)14(15)9-4-3-5-10-14/h6-8H,3-5,9-10,15H2,1-2H3. The maximum Gasteiger partial charge on any atom is 0.132 e. The molecule has 0 saturated heterocycles. The highest BCUT2D eigenvalue weighted by molar-refractivity contribution is 7.98. The first kappa shape index (κ1) is 12.8. The molecule has 1 aliphatic rings. The maximum atomic E-state index is 6.61. The number of hydrogen-bond acceptors (Lipinski definition) is 3. The van der Waals surface area contributed by atoms with Crippen molar-refractivity contribution < 1.29 is 4.74 Å². The zero-order valence-electron chi connectivity index (χ0n) is 10.7. The van der Waals surface area contributed by atoms with E-state index >= 15 is 0 Å². The third-order valence-electron chi connectivity index (χ3n) is 3.69. The Labute approximate surface area is 108 Å². The van der Waals surface area contributed by atoms with Gasteiger partial charge in [0.1, 0.15) is 5.75 Å². The van der Waals surface area contributed by atoms with E-state index in [1.165, 1.54) is 29.7 Å². The molecule has 0 aliphatic heterocycles. The van der Waals surface area contributed by atoms with Gasteiger partial charge in [0, 0.05) is 5.54 Å². The van der Waals surface area contributed by atoms with Gasteiger partial charge in [-0.2, -0.15) is 0 Å². The van der Waals surface area contributed by atoms with E-state index in [9.17, 15) is 0 Å². The lowest BCUT2D eigenvalue weighted by molar-refractivity contribution is 0.295. The lowest BCUT2D eigenvalue weighted by Crippen LogP contribution is -2.39. The van der Waals surface area contributed by atoms with Crippen molar-refractivity contribution in [3.8, 4) is 5.75 Å². The third-order valence-corrected chi connectivity index (χ3v) is 4.51. The SMILES string of the molecule is COc1cccc(C2(N)CCCCC2)c1SC. The van der Waals surface area contributed by atoms with Crippen LogP contribution in [0.5, 0.6) is 5.75 Å². The van der Waals surface area contributed by atoms with Gasteiger partial charge in [0.15, 0.2) is 0 Å². The van der Waals surface area contributed by atoms with E-state index in [1.54, 1.807) is 18.9 Å². The summed E-state index contributed by atoms with van der Waals surface area (Å²) in [4.78, 5) is 1.21. The third kappa shape index (κ3) is 2.45. The summed E-state index contributed by atoms with van der Waals surface area (Å²) in [6.07, 6.45) is 8.07. The average Bonchev–Trinajstić information content (AvgIpc) is 2.38. The summed E-state index contributed by atoms with van der Waals surface area (Å²) in [5.74, 6) is 0.949. The first-order valence-electron chi connectivity index (χ1n) is 6.21. The number of nitrogens with two attached hydrogens (primary N) is 1. The largest absolute Gasteiger partial charge is 0.496 e. The van der Waals surface area contributed by atoms with Crippen molar-refractivity contribution in [1.82, 2.24) is 0 Å². The molecule has 0 unspecified atom stereocenters. The Morgan fingerprint density at radius 3 is 2.53 bits per heavy atom. The molecule has 0 amide bonds. The molecule has 0 atom stereocenters. The Morgan fingerprint density at radius 1 is 1.24 bits per heavy atom. The molecule has 0 radical (unpaired) electrons. The lowest BCUT2D eigenvalue weighted by atomic mass is 9.77. The number of rotatable bonds is 3. The summed E-state index contributed by atoms with van der Waals surface area (Å²) >= 11 is 1.73. The predicted octanol–water partition coefficient (Wildman–Crippen LogP) is 3.54. The maximum absolute atomic E-state index is 6.61. The second kappa shape index (κ2) is 5.32. The van der Waals surface area contributed by atoms with Gasteiger partial charge in [-0.25, -0.2) is 0 Å². The van der Waals surface area contributed by atoms with Gasteiger partial charge in [0.05, 0.1) is 12.0 Å². The molecule has 2 nitrogen and oxygen atoms in total. The summed E-state index contributed by atoms with van der Waals surface area (Å²) in [6, 6.07) is 6.23. The zero-order valence-corrected chi connectivity index (χ0v) is 11.5. The molecule has 1 aromatic carbocycles. The summed E-state index contributed by atoms with van der Waals surface area (Å²) in [5.41, 5.74) is 7.73. The second-order valence-corrected chi connectivity index (χ2v) is 5.57. The van der Waals surface area contributed by atoms with Crippen molar-refractivity contribution in [1.29, 1.82) is 0 Å². The molecule has 2 N–H and O–H groups in total. The number of hydrogen-bond donors (Lipinski definition) is 1. The molecule has 1 aliphatic carbocycles. The minimum Gasteiger partial charge on any atom is -0.496 e. The van der Waals surface area contributed by atoms with E-state index in [4.69, 9.17) is 10.5 Å². The van der Waals surface area contributed by atoms with Crippen molar-refractivity contribution in [3.05, 3.63) is 23.8 Å². The normalized spacial score (nSPS) is 19.0. The van der Waals surface area contributed by atoms with Gasteiger partial charge in [-0.05, 0) is 30.7 Å². The molecule has 1 fully saturated rings. The fraction of sp³-hybridized carbons (Fsp3) is 0.571. The Kier molecular flexibility index (Phi) is 4.00. The number of thioether (sulfide) groups is 1. The number of benzene rings is 1. The van der Waals surface area contributed by atoms with Crippen LogP contribution in [0.3, 0.4) is 0 Å². The predicted molar refractivity (Wildman–Crippen MR) is 73.7 cm³/mol. The minimum atomic E-state index is -0.148. The Hall–Kier alpha value is -0.670. The molecule has 17 heavy (non-hydrogen) atoms. The van der Waals surface area contributed by atoms with E-state index in [0.717, 1.165) is 18.6 Å². The van der Waals surface area contributed by atoms with Crippen molar-refractivity contribution in [2.45, 2.75) is 42.5 Å². The van der Waals surface area contributed by atoms with E-state index in [0.29, 0.717) is 0 Å². The van der Waals surface area contributed by atoms with Crippen molar-refractivity contribution in [2.75, 3.05) is 13.4 Å². The molecule has 0 heterocycles. The van der Waals surface area contributed by atoms with Crippen molar-refractivity contribution >= 4 is 11.8 Å². The van der Waals surface area contributed by atoms with Gasteiger partial charge in [-0.1, -0.05) is 31.4 Å². The molecule has 94 valence electrons. The van der Waals surface area contributed by atoms with Crippen LogP contribution in [0, 0.1) is 0 Å². The van der Waals surface area contributed by atoms with Gasteiger partial charge >= 0.3 is 0 Å². The Balaban J connectivity index is 2.42. The van der Waals surface area contributed by atoms with Crippen LogP contribution in [-0.2, 0) is 5.54 Å². The molecule has 0 bridgehead atoms. The van der Waals surface area contributed by atoms with Crippen LogP contribution in [-0.4, -0.2) is 13.4 Å². The highest BCUT2D eigenvalue weighted by Gasteiger charge is 2.32. The molecule has 1 saturated carbocycles. The zero-order chi connectivity index (χ0) is 12.3. The molecule has 3 heteroatoms. The van der Waals surface area contributed by atoms with Gasteiger partial charge in [0.2, 0.25) is 0 Å². The highest BCUT2D eigenvalue weighted by atomic mass is 32.2. The fourth-order valence-corrected chi connectivity index (χ4v) is 3.57. The highest BCUT2D eigenvalue weighted by Crippen LogP contribution is 2.42. The second-order valence-electron chi connectivity index (χ2n) is 4.76. The van der Waals surface area contributed by atoms with Crippen molar-refractivity contribution in [2.24, 2.45) is 5.73 Å². The van der Waals surface area contributed by atoms with Crippen LogP contribution in [0.2, 0.25) is 0 Å². The number of methoxy groups -OCH3 is 1. The Bertz CT molecular complexity index is 386. The van der Waals surface area contributed by atoms with Crippen LogP contribution in [0.15, 0.2) is 23.1 Å². The minimum absolute atomic E-state index is 0.148. The van der Waals surface area contributed by atoms with Crippen molar-refractivity contribution in [3.63, 3.8) is 0 Å². The quantitative estimate of drug-likeness (QED) is 0.835. The van der Waals surface area contributed by atoms with Crippen LogP contribution >= 0.6 is 11.8 Å². The van der Waals surface area contributed by atoms with Gasteiger partial charge < -0.3 is 10.5 Å². The molecular formula is C14H21NOS. The van der Waals surface area contributed by atoms with E-state index in [2.05, 4.69) is 18.4 Å². The van der Waals surface area contributed by atoms with Crippen LogP contribution < -0.4 is 10.5 Å². The topological polar surface area (TPSA) is 35.2 Å². The number of ether oxygens (including phenoxy) is 1. The first-order valence-corrected chi connectivity index (χ1v) is 7.44. The molecule has 1 aromatic rings. The summed E-state index contributed by atoms with van der Waals surface area (Å²) in [5, 5.41) is 0. The monoisotopic (exact) mass is 251 g/mol. The van der Waals surface area contributed by atoms with Crippen LogP contribution in [0.1, 0.15) is 37.7 Å². The summed E-state index contributed by atoms with van der Waals surface area (Å²) < 4.78 is 5.44. The van der Waals surface area contributed by atoms with Gasteiger partial charge in [-0.15, -0.1) is 11.8 Å². The smallest absolute Gasteiger partial charge is 0.132 e. The summed E-state index contributed by atoms with van der Waals surface area (Å²) in [7, 11) is 1.73. The average molecular weight is 251 g/mol. The Morgan fingerprint density at radius 2 is 1.94 bits per heavy atom. The van der Waals surface area contributed by atoms with Crippen LogP contribution in [0.25, 0.3) is 0 Å². The molecule has 0 spiro atoms. The molecule has 2 rings (SSSR count). The van der Waals surface area contributed by atoms with Gasteiger partial charge in [-0.3, -0.25) is 0 Å².